The van der Waals surface area contributed by atoms with Crippen molar-refractivity contribution in [2.75, 3.05) is 19.7 Å². The molecule has 5 nitrogen and oxygen atoms in total. The number of hydrogen-bond acceptors (Lipinski definition) is 3. The molecule has 3 aromatic rings. The second kappa shape index (κ2) is 8.54. The number of primary amides is 1. The van der Waals surface area contributed by atoms with Crippen molar-refractivity contribution < 1.29 is 18.3 Å². The quantitative estimate of drug-likeness (QED) is 0.553. The maximum absolute atomic E-state index is 14.3. The van der Waals surface area contributed by atoms with Gasteiger partial charge in [-0.15, -0.1) is 0 Å². The summed E-state index contributed by atoms with van der Waals surface area (Å²) in [5, 5.41) is 0.926. The maximum atomic E-state index is 14.3. The van der Waals surface area contributed by atoms with Crippen molar-refractivity contribution >= 4 is 16.8 Å². The zero-order valence-corrected chi connectivity index (χ0v) is 17.9. The molecule has 1 atom stereocenters. The summed E-state index contributed by atoms with van der Waals surface area (Å²) < 4.78 is 33.7. The summed E-state index contributed by atoms with van der Waals surface area (Å²) in [6.07, 6.45) is 6.68. The van der Waals surface area contributed by atoms with Crippen molar-refractivity contribution in [2.45, 2.75) is 38.1 Å². The molecular formula is C25H27F2N3O2. The molecule has 32 heavy (non-hydrogen) atoms. The number of nitrogens with two attached hydrogens (primary N) is 1. The largest absolute Gasteiger partial charge is 0.489 e. The Balaban J connectivity index is 1.30. The van der Waals surface area contributed by atoms with Crippen LogP contribution in [0.25, 0.3) is 10.9 Å². The van der Waals surface area contributed by atoms with Crippen LogP contribution in [0.5, 0.6) is 5.75 Å². The van der Waals surface area contributed by atoms with Crippen molar-refractivity contribution in [1.82, 2.24) is 9.88 Å². The molecule has 0 saturated heterocycles. The lowest BCUT2D eigenvalue weighted by Crippen LogP contribution is -2.45. The number of carbonyl (C=O) groups excluding carboxylic acids is 1. The molecule has 2 aromatic carbocycles. The number of benzene rings is 2. The number of aromatic nitrogens is 1. The SMILES string of the molecule is NC(=O)c1ccc(F)c2c1C[C@H](N(CCCc1c[nH]c3ccc(F)cc13)CC1CC1)CO2. The number of H-pyrrole nitrogens is 1. The number of nitrogens with one attached hydrogen (secondary N) is 1. The molecule has 7 heteroatoms. The highest BCUT2D eigenvalue weighted by molar-refractivity contribution is 5.95. The van der Waals surface area contributed by atoms with Gasteiger partial charge in [0.2, 0.25) is 5.91 Å². The Morgan fingerprint density at radius 1 is 1.22 bits per heavy atom. The van der Waals surface area contributed by atoms with E-state index in [1.807, 2.05) is 6.20 Å². The molecule has 1 aromatic heterocycles. The Hall–Kier alpha value is -2.93. The lowest BCUT2D eigenvalue weighted by molar-refractivity contribution is 0.0980. The van der Waals surface area contributed by atoms with Crippen molar-refractivity contribution in [3.8, 4) is 5.75 Å². The minimum atomic E-state index is -0.564. The van der Waals surface area contributed by atoms with Crippen LogP contribution in [0.3, 0.4) is 0 Å². The maximum Gasteiger partial charge on any atom is 0.249 e. The number of amides is 1. The Kier molecular flexibility index (Phi) is 5.59. The summed E-state index contributed by atoms with van der Waals surface area (Å²) >= 11 is 0. The molecular weight excluding hydrogens is 412 g/mol. The zero-order valence-electron chi connectivity index (χ0n) is 17.9. The normalized spacial score (nSPS) is 18.0. The number of ether oxygens (including phenoxy) is 1. The molecule has 1 aliphatic heterocycles. The summed E-state index contributed by atoms with van der Waals surface area (Å²) in [4.78, 5) is 17.5. The first-order chi connectivity index (χ1) is 15.5. The summed E-state index contributed by atoms with van der Waals surface area (Å²) in [6.45, 7) is 2.20. The highest BCUT2D eigenvalue weighted by Gasteiger charge is 2.33. The topological polar surface area (TPSA) is 71.4 Å². The fraction of sp³-hybridized carbons (Fsp3) is 0.400. The Morgan fingerprint density at radius 2 is 2.06 bits per heavy atom. The van der Waals surface area contributed by atoms with Crippen molar-refractivity contribution in [2.24, 2.45) is 11.7 Å². The number of hydrogen-bond donors (Lipinski definition) is 2. The van der Waals surface area contributed by atoms with Crippen LogP contribution in [0.4, 0.5) is 8.78 Å². The molecule has 2 aliphatic rings. The second-order valence-electron chi connectivity index (χ2n) is 8.98. The summed E-state index contributed by atoms with van der Waals surface area (Å²) in [7, 11) is 0. The smallest absolute Gasteiger partial charge is 0.249 e. The number of aromatic amines is 1. The fourth-order valence-corrected chi connectivity index (χ4v) is 4.78. The highest BCUT2D eigenvalue weighted by Crippen LogP contribution is 2.35. The van der Waals surface area contributed by atoms with Crippen LogP contribution >= 0.6 is 0 Å². The average Bonchev–Trinajstić information content (AvgIpc) is 3.51. The molecule has 1 amide bonds. The van der Waals surface area contributed by atoms with Crippen LogP contribution in [0.2, 0.25) is 0 Å². The van der Waals surface area contributed by atoms with Gasteiger partial charge >= 0.3 is 0 Å². The molecule has 1 aliphatic carbocycles. The Bertz CT molecular complexity index is 1160. The first-order valence-corrected chi connectivity index (χ1v) is 11.2. The number of carbonyl (C=O) groups is 1. The van der Waals surface area contributed by atoms with E-state index < -0.39 is 11.7 Å². The van der Waals surface area contributed by atoms with Gasteiger partial charge in [-0.05, 0) is 80.5 Å². The fourth-order valence-electron chi connectivity index (χ4n) is 4.78. The van der Waals surface area contributed by atoms with Crippen LogP contribution in [0, 0.1) is 17.6 Å². The number of fused-ring (bicyclic) bond motifs is 2. The monoisotopic (exact) mass is 439 g/mol. The van der Waals surface area contributed by atoms with Crippen LogP contribution < -0.4 is 10.5 Å². The van der Waals surface area contributed by atoms with E-state index >= 15 is 0 Å². The summed E-state index contributed by atoms with van der Waals surface area (Å²) in [5.74, 6) is -0.412. The minimum Gasteiger partial charge on any atom is -0.489 e. The van der Waals surface area contributed by atoms with Crippen molar-refractivity contribution in [3.05, 3.63) is 64.9 Å². The molecule has 0 spiro atoms. The second-order valence-corrected chi connectivity index (χ2v) is 8.98. The van der Waals surface area contributed by atoms with Gasteiger partial charge in [-0.3, -0.25) is 9.69 Å². The molecule has 1 fully saturated rings. The van der Waals surface area contributed by atoms with Gasteiger partial charge in [-0.2, -0.15) is 0 Å². The molecule has 1 saturated carbocycles. The zero-order chi connectivity index (χ0) is 22.2. The van der Waals surface area contributed by atoms with Gasteiger partial charge in [0.05, 0.1) is 0 Å². The van der Waals surface area contributed by atoms with Gasteiger partial charge in [0.1, 0.15) is 12.4 Å². The lowest BCUT2D eigenvalue weighted by Gasteiger charge is -2.36. The Labute approximate surface area is 185 Å². The first-order valence-electron chi connectivity index (χ1n) is 11.2. The van der Waals surface area contributed by atoms with Gasteiger partial charge in [0, 0.05) is 40.8 Å². The standard InChI is InChI=1S/C25H27F2N3O2/c26-17-5-8-23-20(10-17)16(12-29-23)2-1-9-30(13-15-3-4-15)18-11-21-19(25(28)31)6-7-22(27)24(21)32-14-18/h5-8,10,12,15,18,29H,1-4,9,11,13-14H2,(H2,28,31)/t18-/m0/s1. The van der Waals surface area contributed by atoms with Crippen LogP contribution in [0.1, 0.15) is 40.7 Å². The third-order valence-corrected chi connectivity index (χ3v) is 6.66. The highest BCUT2D eigenvalue weighted by atomic mass is 19.1. The number of nitrogens with zero attached hydrogens (tertiary/aromatic N) is 1. The van der Waals surface area contributed by atoms with Gasteiger partial charge in [-0.25, -0.2) is 8.78 Å². The molecule has 0 radical (unpaired) electrons. The lowest BCUT2D eigenvalue weighted by atomic mass is 9.95. The van der Waals surface area contributed by atoms with Crippen molar-refractivity contribution in [1.29, 1.82) is 0 Å². The van der Waals surface area contributed by atoms with E-state index in [1.165, 1.54) is 31.0 Å². The molecule has 0 bridgehead atoms. The molecule has 0 unspecified atom stereocenters. The van der Waals surface area contributed by atoms with E-state index in [4.69, 9.17) is 10.5 Å². The van der Waals surface area contributed by atoms with Gasteiger partial charge in [-0.1, -0.05) is 0 Å². The van der Waals surface area contributed by atoms with E-state index in [0.717, 1.165) is 42.4 Å². The molecule has 2 heterocycles. The van der Waals surface area contributed by atoms with E-state index in [-0.39, 0.29) is 17.6 Å². The summed E-state index contributed by atoms with van der Waals surface area (Å²) in [5.41, 5.74) is 8.48. The van der Waals surface area contributed by atoms with E-state index in [0.29, 0.717) is 30.1 Å². The third kappa shape index (κ3) is 4.21. The van der Waals surface area contributed by atoms with E-state index in [1.54, 1.807) is 12.1 Å². The molecule has 3 N–H and O–H groups in total. The predicted octanol–water partition coefficient (Wildman–Crippen LogP) is 4.19. The number of halogens is 2. The molecule has 168 valence electrons. The first kappa shape index (κ1) is 20.9. The summed E-state index contributed by atoms with van der Waals surface area (Å²) in [6, 6.07) is 7.55. The van der Waals surface area contributed by atoms with Gasteiger partial charge in [0.15, 0.2) is 11.6 Å². The van der Waals surface area contributed by atoms with Crippen LogP contribution in [-0.4, -0.2) is 41.5 Å². The number of aryl methyl sites for hydroxylation is 1. The van der Waals surface area contributed by atoms with Crippen LogP contribution in [-0.2, 0) is 12.8 Å². The van der Waals surface area contributed by atoms with Gasteiger partial charge in [0.25, 0.3) is 0 Å². The minimum absolute atomic E-state index is 0.0587. The van der Waals surface area contributed by atoms with Crippen LogP contribution in [0.15, 0.2) is 36.5 Å². The van der Waals surface area contributed by atoms with Crippen molar-refractivity contribution in [3.63, 3.8) is 0 Å². The predicted molar refractivity (Wildman–Crippen MR) is 119 cm³/mol. The molecule has 5 rings (SSSR count). The third-order valence-electron chi connectivity index (χ3n) is 6.66. The van der Waals surface area contributed by atoms with E-state index in [9.17, 15) is 13.6 Å². The van der Waals surface area contributed by atoms with E-state index in [2.05, 4.69) is 9.88 Å². The number of rotatable bonds is 8. The van der Waals surface area contributed by atoms with Gasteiger partial charge < -0.3 is 15.5 Å². The Morgan fingerprint density at radius 3 is 2.84 bits per heavy atom. The average molecular weight is 440 g/mol.